The molecule has 0 unspecified atom stereocenters. The molecule has 0 aromatic rings. The summed E-state index contributed by atoms with van der Waals surface area (Å²) in [5.41, 5.74) is -0.509. The summed E-state index contributed by atoms with van der Waals surface area (Å²) in [5.74, 6) is -0.227. The standard InChI is InChI=1S/C15H29N3O4/c1-6-21-13(19)11-18(12-9-17(5)10-12)8-7-16-14(20)22-15(2,3)4/h12H,6-11H2,1-5H3,(H,16,20). The van der Waals surface area contributed by atoms with E-state index in [1.807, 2.05) is 27.8 Å². The highest BCUT2D eigenvalue weighted by Gasteiger charge is 2.30. The van der Waals surface area contributed by atoms with Crippen LogP contribution in [0.2, 0.25) is 0 Å². The van der Waals surface area contributed by atoms with Crippen molar-refractivity contribution in [2.45, 2.75) is 39.3 Å². The minimum absolute atomic E-state index is 0.227. The maximum atomic E-state index is 11.7. The van der Waals surface area contributed by atoms with Crippen molar-refractivity contribution in [3.05, 3.63) is 0 Å². The van der Waals surface area contributed by atoms with E-state index in [4.69, 9.17) is 9.47 Å². The molecule has 1 aliphatic heterocycles. The van der Waals surface area contributed by atoms with Gasteiger partial charge in [0.05, 0.1) is 13.2 Å². The summed E-state index contributed by atoms with van der Waals surface area (Å²) in [6, 6.07) is 0.329. The van der Waals surface area contributed by atoms with E-state index in [0.29, 0.717) is 25.7 Å². The number of esters is 1. The highest BCUT2D eigenvalue weighted by molar-refractivity contribution is 5.71. The number of carbonyl (C=O) groups is 2. The Morgan fingerprint density at radius 3 is 2.45 bits per heavy atom. The van der Waals surface area contributed by atoms with Crippen molar-refractivity contribution in [1.29, 1.82) is 0 Å². The van der Waals surface area contributed by atoms with Crippen molar-refractivity contribution in [3.8, 4) is 0 Å². The Hall–Kier alpha value is -1.34. The van der Waals surface area contributed by atoms with Crippen LogP contribution in [0.4, 0.5) is 4.79 Å². The van der Waals surface area contributed by atoms with Gasteiger partial charge in [-0.25, -0.2) is 4.79 Å². The van der Waals surface area contributed by atoms with Gasteiger partial charge in [0.2, 0.25) is 0 Å². The molecule has 1 rings (SSSR count). The van der Waals surface area contributed by atoms with E-state index < -0.39 is 11.7 Å². The summed E-state index contributed by atoms with van der Waals surface area (Å²) in [6.07, 6.45) is -0.436. The fourth-order valence-corrected chi connectivity index (χ4v) is 2.28. The van der Waals surface area contributed by atoms with Gasteiger partial charge in [-0.15, -0.1) is 0 Å². The van der Waals surface area contributed by atoms with E-state index >= 15 is 0 Å². The van der Waals surface area contributed by atoms with Crippen LogP contribution in [0.5, 0.6) is 0 Å². The first-order valence-electron chi connectivity index (χ1n) is 7.76. The van der Waals surface area contributed by atoms with E-state index in [9.17, 15) is 9.59 Å². The Balaban J connectivity index is 2.37. The van der Waals surface area contributed by atoms with Crippen LogP contribution in [-0.2, 0) is 14.3 Å². The van der Waals surface area contributed by atoms with Crippen LogP contribution >= 0.6 is 0 Å². The van der Waals surface area contributed by atoms with Crippen molar-refractivity contribution in [2.24, 2.45) is 0 Å². The number of ether oxygens (including phenoxy) is 2. The molecule has 0 saturated carbocycles. The van der Waals surface area contributed by atoms with Gasteiger partial charge in [-0.05, 0) is 34.7 Å². The second kappa shape index (κ2) is 8.33. The minimum Gasteiger partial charge on any atom is -0.465 e. The second-order valence-electron chi connectivity index (χ2n) is 6.58. The first-order chi connectivity index (χ1) is 10.2. The summed E-state index contributed by atoms with van der Waals surface area (Å²) < 4.78 is 10.2. The normalized spacial score (nSPS) is 16.3. The Morgan fingerprint density at radius 1 is 1.32 bits per heavy atom. The lowest BCUT2D eigenvalue weighted by Gasteiger charge is -2.43. The molecule has 1 fully saturated rings. The number of likely N-dealkylation sites (tertiary alicyclic amines) is 1. The van der Waals surface area contributed by atoms with Crippen LogP contribution in [0.25, 0.3) is 0 Å². The maximum absolute atomic E-state index is 11.7. The Morgan fingerprint density at radius 2 is 1.95 bits per heavy atom. The number of likely N-dealkylation sites (N-methyl/N-ethyl adjacent to an activating group) is 1. The van der Waals surface area contributed by atoms with Gasteiger partial charge in [0.25, 0.3) is 0 Å². The maximum Gasteiger partial charge on any atom is 0.407 e. The third-order valence-electron chi connectivity index (χ3n) is 3.27. The predicted octanol–water partition coefficient (Wildman–Crippen LogP) is 0.690. The molecule has 1 N–H and O–H groups in total. The average molecular weight is 315 g/mol. The molecule has 1 heterocycles. The smallest absolute Gasteiger partial charge is 0.407 e. The average Bonchev–Trinajstić information content (AvgIpc) is 2.32. The van der Waals surface area contributed by atoms with Gasteiger partial charge >= 0.3 is 12.1 Å². The zero-order valence-corrected chi connectivity index (χ0v) is 14.3. The Bertz CT molecular complexity index is 375. The SMILES string of the molecule is CCOC(=O)CN(CCNC(=O)OC(C)(C)C)C1CN(C)C1. The molecule has 0 spiro atoms. The third kappa shape index (κ3) is 7.09. The summed E-state index contributed by atoms with van der Waals surface area (Å²) in [7, 11) is 2.04. The number of hydrogen-bond acceptors (Lipinski definition) is 6. The van der Waals surface area contributed by atoms with Crippen LogP contribution in [0, 0.1) is 0 Å². The van der Waals surface area contributed by atoms with Gasteiger partial charge in [0.15, 0.2) is 0 Å². The van der Waals surface area contributed by atoms with Gasteiger partial charge in [-0.3, -0.25) is 9.69 Å². The van der Waals surface area contributed by atoms with E-state index in [1.165, 1.54) is 0 Å². The van der Waals surface area contributed by atoms with Crippen LogP contribution in [-0.4, -0.2) is 79.9 Å². The zero-order valence-electron chi connectivity index (χ0n) is 14.3. The molecule has 1 amide bonds. The lowest BCUT2D eigenvalue weighted by Crippen LogP contribution is -2.59. The van der Waals surface area contributed by atoms with Crippen molar-refractivity contribution in [1.82, 2.24) is 15.1 Å². The van der Waals surface area contributed by atoms with Gasteiger partial charge in [0.1, 0.15) is 5.60 Å². The number of carbonyl (C=O) groups excluding carboxylic acids is 2. The minimum atomic E-state index is -0.509. The molecule has 7 nitrogen and oxygen atoms in total. The lowest BCUT2D eigenvalue weighted by atomic mass is 10.1. The Labute approximate surface area is 132 Å². The van der Waals surface area contributed by atoms with Gasteiger partial charge in [-0.2, -0.15) is 0 Å². The fraction of sp³-hybridized carbons (Fsp3) is 0.867. The van der Waals surface area contributed by atoms with Gasteiger partial charge in [0, 0.05) is 32.2 Å². The van der Waals surface area contributed by atoms with Crippen molar-refractivity contribution in [3.63, 3.8) is 0 Å². The largest absolute Gasteiger partial charge is 0.465 e. The lowest BCUT2D eigenvalue weighted by molar-refractivity contribution is -0.145. The molecule has 128 valence electrons. The molecule has 1 saturated heterocycles. The monoisotopic (exact) mass is 315 g/mol. The van der Waals surface area contributed by atoms with E-state index in [-0.39, 0.29) is 12.5 Å². The van der Waals surface area contributed by atoms with Gasteiger partial charge in [-0.1, -0.05) is 0 Å². The molecule has 7 heteroatoms. The number of nitrogens with one attached hydrogen (secondary N) is 1. The fourth-order valence-electron chi connectivity index (χ4n) is 2.28. The molecule has 0 aromatic carbocycles. The van der Waals surface area contributed by atoms with Crippen molar-refractivity contribution < 1.29 is 19.1 Å². The predicted molar refractivity (Wildman–Crippen MR) is 83.7 cm³/mol. The summed E-state index contributed by atoms with van der Waals surface area (Å²) in [4.78, 5) is 27.5. The molecular formula is C15H29N3O4. The van der Waals surface area contributed by atoms with Gasteiger partial charge < -0.3 is 19.7 Å². The van der Waals surface area contributed by atoms with Crippen LogP contribution in [0.1, 0.15) is 27.7 Å². The summed E-state index contributed by atoms with van der Waals surface area (Å²) in [5, 5.41) is 2.72. The van der Waals surface area contributed by atoms with Crippen LogP contribution < -0.4 is 5.32 Å². The molecule has 0 atom stereocenters. The van der Waals surface area contributed by atoms with Crippen molar-refractivity contribution in [2.75, 3.05) is 46.4 Å². The van der Waals surface area contributed by atoms with E-state index in [2.05, 4.69) is 15.1 Å². The molecule has 0 radical (unpaired) electrons. The van der Waals surface area contributed by atoms with Crippen LogP contribution in [0.15, 0.2) is 0 Å². The van der Waals surface area contributed by atoms with Crippen molar-refractivity contribution >= 4 is 12.1 Å². The number of nitrogens with zero attached hydrogens (tertiary/aromatic N) is 2. The molecule has 22 heavy (non-hydrogen) atoms. The summed E-state index contributed by atoms with van der Waals surface area (Å²) >= 11 is 0. The highest BCUT2D eigenvalue weighted by Crippen LogP contribution is 2.12. The third-order valence-corrected chi connectivity index (χ3v) is 3.27. The Kier molecular flexibility index (Phi) is 7.09. The molecule has 0 aromatic heterocycles. The van der Waals surface area contributed by atoms with E-state index in [0.717, 1.165) is 13.1 Å². The quantitative estimate of drug-likeness (QED) is 0.697. The van der Waals surface area contributed by atoms with E-state index in [1.54, 1.807) is 6.92 Å². The van der Waals surface area contributed by atoms with Crippen LogP contribution in [0.3, 0.4) is 0 Å². The number of alkyl carbamates (subject to hydrolysis) is 1. The first-order valence-corrected chi connectivity index (χ1v) is 7.76. The topological polar surface area (TPSA) is 71.1 Å². The zero-order chi connectivity index (χ0) is 16.8. The highest BCUT2D eigenvalue weighted by atomic mass is 16.6. The molecule has 1 aliphatic rings. The number of amides is 1. The first kappa shape index (κ1) is 18.7. The number of hydrogen-bond donors (Lipinski definition) is 1. The molecule has 0 bridgehead atoms. The second-order valence-corrected chi connectivity index (χ2v) is 6.58. The molecular weight excluding hydrogens is 286 g/mol. The molecule has 0 aliphatic carbocycles. The summed E-state index contributed by atoms with van der Waals surface area (Å²) in [6.45, 7) is 10.8. The number of rotatable bonds is 7.